The summed E-state index contributed by atoms with van der Waals surface area (Å²) in [5.41, 5.74) is -2.41. The van der Waals surface area contributed by atoms with Crippen LogP contribution in [-0.4, -0.2) is 43.7 Å². The molecule has 0 radical (unpaired) electrons. The van der Waals surface area contributed by atoms with E-state index in [9.17, 15) is 39.6 Å². The summed E-state index contributed by atoms with van der Waals surface area (Å²) < 4.78 is 104. The smallest absolute Gasteiger partial charge is 0.267 e. The van der Waals surface area contributed by atoms with Gasteiger partial charge >= 0.3 is 12.4 Å². The molecule has 0 bridgehead atoms. The first-order valence-electron chi connectivity index (χ1n) is 9.54. The number of benzene rings is 1. The van der Waals surface area contributed by atoms with Gasteiger partial charge in [-0.25, -0.2) is 23.1 Å². The van der Waals surface area contributed by atoms with Crippen molar-refractivity contribution in [3.05, 3.63) is 64.7 Å². The minimum atomic E-state index is -4.85. The van der Waals surface area contributed by atoms with E-state index in [2.05, 4.69) is 20.2 Å². The lowest BCUT2D eigenvalue weighted by molar-refractivity contribution is -0.144. The number of nitrogens with zero attached hydrogens (tertiary/aromatic N) is 6. The van der Waals surface area contributed by atoms with Gasteiger partial charge in [0, 0.05) is 5.39 Å². The van der Waals surface area contributed by atoms with Gasteiger partial charge in [-0.2, -0.15) is 36.1 Å². The summed E-state index contributed by atoms with van der Waals surface area (Å²) in [5.74, 6) is -2.51. The van der Waals surface area contributed by atoms with Crippen LogP contribution in [0.3, 0.4) is 0 Å². The zero-order valence-electron chi connectivity index (χ0n) is 17.3. The number of pyridine rings is 1. The molecule has 9 nitrogen and oxygen atoms in total. The molecule has 0 unspecified atom stereocenters. The van der Waals surface area contributed by atoms with Crippen LogP contribution in [0, 0.1) is 0 Å². The van der Waals surface area contributed by atoms with Gasteiger partial charge in [0.25, 0.3) is 11.4 Å². The van der Waals surface area contributed by atoms with E-state index >= 15 is 0 Å². The van der Waals surface area contributed by atoms with Gasteiger partial charge in [0.05, 0.1) is 34.8 Å². The van der Waals surface area contributed by atoms with Gasteiger partial charge in [-0.1, -0.05) is 13.0 Å². The fourth-order valence-electron chi connectivity index (χ4n) is 3.08. The molecule has 0 amide bonds. The molecule has 3 aromatic heterocycles. The van der Waals surface area contributed by atoms with Gasteiger partial charge in [0.15, 0.2) is 15.7 Å². The number of sulfone groups is 1. The molecule has 0 fully saturated rings. The molecule has 3 heterocycles. The Labute approximate surface area is 191 Å². The SMILES string of the molecule is CCS(=O)(=O)c1cc(-n2cnc(C(F)(F)F)n2)cnc1-n1ncc2ccc(C(F)(F)F)cc2c1=O. The van der Waals surface area contributed by atoms with Crippen LogP contribution < -0.4 is 5.56 Å². The lowest BCUT2D eigenvalue weighted by Crippen LogP contribution is -2.25. The van der Waals surface area contributed by atoms with Gasteiger partial charge in [0.1, 0.15) is 11.2 Å². The van der Waals surface area contributed by atoms with Gasteiger partial charge < -0.3 is 0 Å². The van der Waals surface area contributed by atoms with E-state index in [1.807, 2.05) is 0 Å². The zero-order valence-corrected chi connectivity index (χ0v) is 18.1. The molecule has 0 saturated carbocycles. The van der Waals surface area contributed by atoms with E-state index in [4.69, 9.17) is 0 Å². The number of halogens is 6. The fourth-order valence-corrected chi connectivity index (χ4v) is 4.11. The summed E-state index contributed by atoms with van der Waals surface area (Å²) in [7, 11) is -4.16. The third-order valence-corrected chi connectivity index (χ3v) is 6.59. The summed E-state index contributed by atoms with van der Waals surface area (Å²) in [6.45, 7) is 1.27. The molecule has 4 aromatic rings. The first-order chi connectivity index (χ1) is 16.2. The van der Waals surface area contributed by atoms with Crippen LogP contribution in [0.25, 0.3) is 22.3 Å². The Morgan fingerprint density at radius 3 is 2.29 bits per heavy atom. The number of aromatic nitrogens is 6. The van der Waals surface area contributed by atoms with Crippen molar-refractivity contribution in [3.8, 4) is 11.5 Å². The third kappa shape index (κ3) is 4.48. The number of hydrogen-bond donors (Lipinski definition) is 0. The van der Waals surface area contributed by atoms with Gasteiger partial charge in [-0.15, -0.1) is 5.10 Å². The van der Waals surface area contributed by atoms with Gasteiger partial charge in [-0.05, 0) is 18.2 Å². The molecule has 1 aromatic carbocycles. The van der Waals surface area contributed by atoms with Crippen LogP contribution in [0.1, 0.15) is 18.3 Å². The number of fused-ring (bicyclic) bond motifs is 1. The molecule has 0 saturated heterocycles. The topological polar surface area (TPSA) is 113 Å². The van der Waals surface area contributed by atoms with Crippen molar-refractivity contribution in [2.75, 3.05) is 5.75 Å². The number of rotatable bonds is 4. The largest absolute Gasteiger partial charge is 0.453 e. The van der Waals surface area contributed by atoms with Crippen LogP contribution in [0.15, 0.2) is 52.7 Å². The molecular formula is C19H12F6N6O3S. The molecule has 0 atom stereocenters. The zero-order chi connectivity index (χ0) is 25.8. The molecule has 0 aliphatic carbocycles. The molecule has 0 spiro atoms. The molecular weight excluding hydrogens is 506 g/mol. The Morgan fingerprint density at radius 2 is 1.69 bits per heavy atom. The summed E-state index contributed by atoms with van der Waals surface area (Å²) in [5, 5.41) is 6.75. The Balaban J connectivity index is 1.94. The Kier molecular flexibility index (Phi) is 5.65. The maximum Gasteiger partial charge on any atom is 0.453 e. The molecule has 4 rings (SSSR count). The van der Waals surface area contributed by atoms with Gasteiger partial charge in [0.2, 0.25) is 0 Å². The third-order valence-electron chi connectivity index (χ3n) is 4.86. The van der Waals surface area contributed by atoms with E-state index in [1.54, 1.807) is 0 Å². The number of alkyl halides is 6. The highest BCUT2D eigenvalue weighted by atomic mass is 32.2. The normalized spacial score (nSPS) is 12.9. The lowest BCUT2D eigenvalue weighted by Gasteiger charge is -2.13. The second-order valence-corrected chi connectivity index (χ2v) is 9.34. The first-order valence-corrected chi connectivity index (χ1v) is 11.2. The van der Waals surface area contributed by atoms with Crippen molar-refractivity contribution in [1.29, 1.82) is 0 Å². The molecule has 184 valence electrons. The van der Waals surface area contributed by atoms with Crippen LogP contribution in [-0.2, 0) is 22.2 Å². The maximum atomic E-state index is 13.1. The quantitative estimate of drug-likeness (QED) is 0.382. The summed E-state index contributed by atoms with van der Waals surface area (Å²) in [6.07, 6.45) is -6.92. The summed E-state index contributed by atoms with van der Waals surface area (Å²) in [4.78, 5) is 19.4. The monoisotopic (exact) mass is 518 g/mol. The average molecular weight is 518 g/mol. The summed E-state index contributed by atoms with van der Waals surface area (Å²) >= 11 is 0. The molecule has 0 N–H and O–H groups in total. The van der Waals surface area contributed by atoms with Crippen LogP contribution >= 0.6 is 0 Å². The minimum absolute atomic E-state index is 0.0677. The van der Waals surface area contributed by atoms with E-state index in [1.165, 1.54) is 6.92 Å². The highest BCUT2D eigenvalue weighted by molar-refractivity contribution is 7.91. The second-order valence-electron chi connectivity index (χ2n) is 7.09. The van der Waals surface area contributed by atoms with Crippen molar-refractivity contribution in [2.45, 2.75) is 24.2 Å². The van der Waals surface area contributed by atoms with E-state index in [-0.39, 0.29) is 11.1 Å². The fraction of sp³-hybridized carbons (Fsp3) is 0.211. The lowest BCUT2D eigenvalue weighted by atomic mass is 10.1. The van der Waals surface area contributed by atoms with Crippen LogP contribution in [0.2, 0.25) is 0 Å². The highest BCUT2D eigenvalue weighted by Crippen LogP contribution is 2.31. The second kappa shape index (κ2) is 8.14. The van der Waals surface area contributed by atoms with Crippen LogP contribution in [0.5, 0.6) is 0 Å². The first kappa shape index (κ1) is 24.3. The Bertz CT molecular complexity index is 1610. The van der Waals surface area contributed by atoms with E-state index in [0.29, 0.717) is 21.8 Å². The Morgan fingerprint density at radius 1 is 0.971 bits per heavy atom. The van der Waals surface area contributed by atoms with Crippen LogP contribution in [0.4, 0.5) is 26.3 Å². The van der Waals surface area contributed by atoms with Gasteiger partial charge in [-0.3, -0.25) is 4.79 Å². The molecule has 0 aliphatic heterocycles. The Hall–Kier alpha value is -3.82. The minimum Gasteiger partial charge on any atom is -0.267 e. The number of hydrogen-bond acceptors (Lipinski definition) is 7. The maximum absolute atomic E-state index is 13.1. The molecule has 16 heteroatoms. The van der Waals surface area contributed by atoms with Crippen molar-refractivity contribution < 1.29 is 34.8 Å². The highest BCUT2D eigenvalue weighted by Gasteiger charge is 2.36. The van der Waals surface area contributed by atoms with Crippen molar-refractivity contribution in [3.63, 3.8) is 0 Å². The van der Waals surface area contributed by atoms with E-state index < -0.39 is 61.0 Å². The van der Waals surface area contributed by atoms with E-state index in [0.717, 1.165) is 30.6 Å². The standard InChI is InChI=1S/C19H12F6N6O3S/c1-2-35(33,34)14-6-12(30-9-27-17(29-30)19(23,24)25)8-26-15(14)31-16(32)13-5-11(18(20,21)22)4-3-10(13)7-28-31/h3-9H,2H2,1H3. The summed E-state index contributed by atoms with van der Waals surface area (Å²) in [6, 6.07) is 3.33. The van der Waals surface area contributed by atoms with Crippen molar-refractivity contribution in [2.24, 2.45) is 0 Å². The van der Waals surface area contributed by atoms with Crippen molar-refractivity contribution >= 4 is 20.6 Å². The predicted molar refractivity (Wildman–Crippen MR) is 108 cm³/mol. The molecule has 0 aliphatic rings. The predicted octanol–water partition coefficient (Wildman–Crippen LogP) is 3.19. The molecule has 35 heavy (non-hydrogen) atoms. The van der Waals surface area contributed by atoms with Crippen molar-refractivity contribution in [1.82, 2.24) is 29.5 Å². The average Bonchev–Trinajstić information content (AvgIpc) is 3.29.